The molecular weight excluding hydrogens is 492 g/mol. The Bertz CT molecular complexity index is 1370. The fraction of sp³-hybridized carbons (Fsp3) is 0.344. The van der Waals surface area contributed by atoms with Crippen LogP contribution in [0.3, 0.4) is 0 Å². The molecule has 6 rings (SSSR count). The Labute approximate surface area is 227 Å². The number of aliphatic carboxylic acids is 1. The van der Waals surface area contributed by atoms with Crippen molar-refractivity contribution in [1.29, 1.82) is 0 Å². The Balaban J connectivity index is 1.14. The number of fused-ring (bicyclic) bond motifs is 3. The van der Waals surface area contributed by atoms with Crippen molar-refractivity contribution in [3.63, 3.8) is 0 Å². The molecule has 39 heavy (non-hydrogen) atoms. The average Bonchev–Trinajstić information content (AvgIpc) is 3.54. The third-order valence-electron chi connectivity index (χ3n) is 8.96. The summed E-state index contributed by atoms with van der Waals surface area (Å²) in [5.41, 5.74) is 4.52. The number of ether oxygens (including phenoxy) is 1. The number of amides is 2. The number of benzene rings is 3. The SMILES string of the molecule is O=C(O)CN(Cc1ccccc1)C(=O)C1(CNC(=O)OCC2c3ccccc3-c3ccccc32)CC12CCC2. The highest BCUT2D eigenvalue weighted by Gasteiger charge is 2.74. The molecule has 0 aromatic heterocycles. The van der Waals surface area contributed by atoms with Crippen molar-refractivity contribution in [1.82, 2.24) is 10.2 Å². The Morgan fingerprint density at radius 1 is 0.897 bits per heavy atom. The number of carboxylic acids is 1. The van der Waals surface area contributed by atoms with Crippen molar-refractivity contribution in [2.75, 3.05) is 19.7 Å². The van der Waals surface area contributed by atoms with E-state index in [1.165, 1.54) is 4.90 Å². The lowest BCUT2D eigenvalue weighted by Gasteiger charge is -2.35. The minimum absolute atomic E-state index is 0.0467. The molecule has 2 amide bonds. The standard InChI is InChI=1S/C32H32N2O5/c35-28(36)18-34(17-22-9-2-1-3-10-22)29(37)32(20-31(32)15-8-16-31)21-33-30(38)39-19-27-25-13-6-4-11-23(25)24-12-5-7-14-26(24)27/h1-7,9-14,27H,8,15-21H2,(H,33,38)(H,35,36). The van der Waals surface area contributed by atoms with Crippen LogP contribution in [0.25, 0.3) is 11.1 Å². The molecule has 0 aliphatic heterocycles. The fourth-order valence-corrected chi connectivity index (χ4v) is 6.76. The van der Waals surface area contributed by atoms with Gasteiger partial charge in [0.25, 0.3) is 0 Å². The predicted octanol–water partition coefficient (Wildman–Crippen LogP) is 5.20. The maximum absolute atomic E-state index is 13.9. The summed E-state index contributed by atoms with van der Waals surface area (Å²) < 4.78 is 5.71. The zero-order valence-electron chi connectivity index (χ0n) is 21.8. The summed E-state index contributed by atoms with van der Waals surface area (Å²) in [6, 6.07) is 25.7. The van der Waals surface area contributed by atoms with E-state index in [0.29, 0.717) is 6.42 Å². The van der Waals surface area contributed by atoms with Gasteiger partial charge in [-0.15, -0.1) is 0 Å². The van der Waals surface area contributed by atoms with Crippen LogP contribution in [0.15, 0.2) is 78.9 Å². The molecule has 200 valence electrons. The van der Waals surface area contributed by atoms with Crippen molar-refractivity contribution in [2.24, 2.45) is 10.8 Å². The van der Waals surface area contributed by atoms with Gasteiger partial charge in [-0.1, -0.05) is 85.3 Å². The fourth-order valence-electron chi connectivity index (χ4n) is 6.76. The van der Waals surface area contributed by atoms with Crippen LogP contribution in [0.5, 0.6) is 0 Å². The molecule has 1 unspecified atom stereocenters. The van der Waals surface area contributed by atoms with Gasteiger partial charge in [-0.25, -0.2) is 4.79 Å². The molecule has 2 fully saturated rings. The number of hydrogen-bond donors (Lipinski definition) is 2. The predicted molar refractivity (Wildman–Crippen MR) is 146 cm³/mol. The minimum Gasteiger partial charge on any atom is -0.480 e. The second kappa shape index (κ2) is 9.88. The number of carbonyl (C=O) groups excluding carboxylic acids is 2. The zero-order chi connectivity index (χ0) is 27.0. The molecule has 2 saturated carbocycles. The van der Waals surface area contributed by atoms with Crippen molar-refractivity contribution >= 4 is 18.0 Å². The Kier molecular flexibility index (Phi) is 6.37. The van der Waals surface area contributed by atoms with E-state index >= 15 is 0 Å². The van der Waals surface area contributed by atoms with Gasteiger partial charge in [-0.05, 0) is 52.5 Å². The Morgan fingerprint density at radius 2 is 1.51 bits per heavy atom. The van der Waals surface area contributed by atoms with E-state index in [1.54, 1.807) is 0 Å². The van der Waals surface area contributed by atoms with Gasteiger partial charge in [0.1, 0.15) is 13.2 Å². The maximum Gasteiger partial charge on any atom is 0.407 e. The third-order valence-corrected chi connectivity index (χ3v) is 8.96. The zero-order valence-corrected chi connectivity index (χ0v) is 21.8. The van der Waals surface area contributed by atoms with Crippen LogP contribution in [-0.4, -0.2) is 47.7 Å². The van der Waals surface area contributed by atoms with E-state index in [2.05, 4.69) is 29.6 Å². The molecule has 0 radical (unpaired) electrons. The van der Waals surface area contributed by atoms with Gasteiger partial charge in [0.2, 0.25) is 5.91 Å². The van der Waals surface area contributed by atoms with Crippen LogP contribution in [0.1, 0.15) is 48.3 Å². The highest BCUT2D eigenvalue weighted by Crippen LogP contribution is 2.74. The third kappa shape index (κ3) is 4.46. The molecular formula is C32H32N2O5. The van der Waals surface area contributed by atoms with E-state index in [0.717, 1.165) is 47.1 Å². The number of hydrogen-bond acceptors (Lipinski definition) is 4. The molecule has 3 aromatic carbocycles. The largest absolute Gasteiger partial charge is 0.480 e. The average molecular weight is 525 g/mol. The van der Waals surface area contributed by atoms with E-state index in [-0.39, 0.29) is 43.5 Å². The first-order valence-electron chi connectivity index (χ1n) is 13.6. The molecule has 7 nitrogen and oxygen atoms in total. The summed E-state index contributed by atoms with van der Waals surface area (Å²) in [5.74, 6) is -1.30. The lowest BCUT2D eigenvalue weighted by atomic mass is 9.74. The number of rotatable bonds is 9. The molecule has 0 bridgehead atoms. The van der Waals surface area contributed by atoms with E-state index in [1.807, 2.05) is 54.6 Å². The second-order valence-corrected chi connectivity index (χ2v) is 11.1. The molecule has 7 heteroatoms. The van der Waals surface area contributed by atoms with Crippen LogP contribution < -0.4 is 5.32 Å². The molecule has 1 atom stereocenters. The van der Waals surface area contributed by atoms with E-state index in [4.69, 9.17) is 4.74 Å². The molecule has 2 N–H and O–H groups in total. The summed E-state index contributed by atoms with van der Waals surface area (Å²) in [6.07, 6.45) is 2.97. The van der Waals surface area contributed by atoms with E-state index in [9.17, 15) is 19.5 Å². The van der Waals surface area contributed by atoms with Crippen molar-refractivity contribution in [3.8, 4) is 11.1 Å². The number of nitrogens with zero attached hydrogens (tertiary/aromatic N) is 1. The van der Waals surface area contributed by atoms with Gasteiger partial charge < -0.3 is 20.1 Å². The smallest absolute Gasteiger partial charge is 0.407 e. The topological polar surface area (TPSA) is 95.9 Å². The molecule has 1 spiro atoms. The van der Waals surface area contributed by atoms with Crippen molar-refractivity contribution in [3.05, 3.63) is 95.6 Å². The number of alkyl carbamates (subject to hydrolysis) is 1. The normalized spacial score (nSPS) is 19.9. The van der Waals surface area contributed by atoms with Gasteiger partial charge in [-0.2, -0.15) is 0 Å². The van der Waals surface area contributed by atoms with Crippen LogP contribution in [0, 0.1) is 10.8 Å². The van der Waals surface area contributed by atoms with Crippen molar-refractivity contribution < 1.29 is 24.2 Å². The molecule has 3 aromatic rings. The number of carbonyl (C=O) groups is 3. The lowest BCUT2D eigenvalue weighted by molar-refractivity contribution is -0.148. The van der Waals surface area contributed by atoms with Crippen LogP contribution in [0.4, 0.5) is 4.79 Å². The van der Waals surface area contributed by atoms with Gasteiger partial charge in [-0.3, -0.25) is 9.59 Å². The summed E-state index contributed by atoms with van der Waals surface area (Å²) in [4.78, 5) is 39.9. The first-order chi connectivity index (χ1) is 18.9. The second-order valence-electron chi connectivity index (χ2n) is 11.1. The number of nitrogens with one attached hydrogen (secondary N) is 1. The van der Waals surface area contributed by atoms with E-state index < -0.39 is 17.5 Å². The molecule has 0 heterocycles. The monoisotopic (exact) mass is 524 g/mol. The summed E-state index contributed by atoms with van der Waals surface area (Å²) in [7, 11) is 0. The first-order valence-corrected chi connectivity index (χ1v) is 13.6. The van der Waals surface area contributed by atoms with Crippen LogP contribution in [0.2, 0.25) is 0 Å². The van der Waals surface area contributed by atoms with Gasteiger partial charge in [0, 0.05) is 19.0 Å². The van der Waals surface area contributed by atoms with Crippen LogP contribution >= 0.6 is 0 Å². The maximum atomic E-state index is 13.9. The molecule has 0 saturated heterocycles. The van der Waals surface area contributed by atoms with Crippen LogP contribution in [-0.2, 0) is 20.9 Å². The Morgan fingerprint density at radius 3 is 2.08 bits per heavy atom. The Hall–Kier alpha value is -4.13. The van der Waals surface area contributed by atoms with Gasteiger partial charge >= 0.3 is 12.1 Å². The van der Waals surface area contributed by atoms with Gasteiger partial charge in [0.15, 0.2) is 0 Å². The number of carboxylic acid groups (broad SMARTS) is 1. The molecule has 3 aliphatic carbocycles. The summed E-state index contributed by atoms with van der Waals surface area (Å²) in [6.45, 7) is 0.184. The lowest BCUT2D eigenvalue weighted by Crippen LogP contribution is -2.48. The quantitative estimate of drug-likeness (QED) is 0.401. The van der Waals surface area contributed by atoms with Crippen molar-refractivity contribution in [2.45, 2.75) is 38.1 Å². The minimum atomic E-state index is -1.05. The summed E-state index contributed by atoms with van der Waals surface area (Å²) in [5, 5.41) is 12.4. The highest BCUT2D eigenvalue weighted by atomic mass is 16.5. The van der Waals surface area contributed by atoms with Gasteiger partial charge in [0.05, 0.1) is 5.41 Å². The first kappa shape index (κ1) is 25.2. The summed E-state index contributed by atoms with van der Waals surface area (Å²) >= 11 is 0. The molecule has 3 aliphatic rings. The highest BCUT2D eigenvalue weighted by molar-refractivity contribution is 5.90.